The van der Waals surface area contributed by atoms with E-state index in [-0.39, 0.29) is 5.78 Å². The molecule has 0 radical (unpaired) electrons. The highest BCUT2D eigenvalue weighted by Crippen LogP contribution is 2.19. The van der Waals surface area contributed by atoms with Crippen molar-refractivity contribution in [3.05, 3.63) is 71.0 Å². The molecule has 0 spiro atoms. The minimum Gasteiger partial charge on any atom is -0.289 e. The van der Waals surface area contributed by atoms with Crippen molar-refractivity contribution in [3.8, 4) is 0 Å². The fourth-order valence-electron chi connectivity index (χ4n) is 2.27. The summed E-state index contributed by atoms with van der Waals surface area (Å²) in [5, 5.41) is 10.2. The standard InChI is InChI=1S/C17H14N2O/c1-11-9-16(12(2)19-18-11)17(20)15-8-7-13-5-3-4-6-14(13)10-15/h3-10H,1-2H3. The molecule has 0 amide bonds. The molecule has 3 heteroatoms. The Bertz CT molecular complexity index is 809. The number of aromatic nitrogens is 2. The summed E-state index contributed by atoms with van der Waals surface area (Å²) >= 11 is 0. The van der Waals surface area contributed by atoms with Crippen LogP contribution in [-0.4, -0.2) is 16.0 Å². The van der Waals surface area contributed by atoms with Gasteiger partial charge in [-0.25, -0.2) is 0 Å². The number of carbonyl (C=O) groups is 1. The zero-order valence-electron chi connectivity index (χ0n) is 11.4. The second-order valence-electron chi connectivity index (χ2n) is 4.88. The van der Waals surface area contributed by atoms with E-state index >= 15 is 0 Å². The molecule has 98 valence electrons. The van der Waals surface area contributed by atoms with Crippen LogP contribution in [0.2, 0.25) is 0 Å². The van der Waals surface area contributed by atoms with Crippen molar-refractivity contribution in [1.29, 1.82) is 0 Å². The first-order chi connectivity index (χ1) is 9.65. The van der Waals surface area contributed by atoms with Gasteiger partial charge >= 0.3 is 0 Å². The van der Waals surface area contributed by atoms with Gasteiger partial charge in [0.1, 0.15) is 0 Å². The molecule has 0 unspecified atom stereocenters. The molecule has 3 aromatic rings. The Balaban J connectivity index is 2.10. The molecule has 0 saturated carbocycles. The number of fused-ring (bicyclic) bond motifs is 1. The molecular weight excluding hydrogens is 248 g/mol. The van der Waals surface area contributed by atoms with E-state index in [0.717, 1.165) is 16.5 Å². The van der Waals surface area contributed by atoms with Gasteiger partial charge in [-0.15, -0.1) is 0 Å². The molecule has 20 heavy (non-hydrogen) atoms. The molecule has 3 rings (SSSR count). The lowest BCUT2D eigenvalue weighted by Crippen LogP contribution is -2.07. The van der Waals surface area contributed by atoms with Gasteiger partial charge in [-0.3, -0.25) is 4.79 Å². The molecular formula is C17H14N2O. The number of hydrogen-bond acceptors (Lipinski definition) is 3. The lowest BCUT2D eigenvalue weighted by atomic mass is 9.99. The van der Waals surface area contributed by atoms with Crippen LogP contribution in [0, 0.1) is 13.8 Å². The second kappa shape index (κ2) is 4.85. The molecule has 1 heterocycles. The van der Waals surface area contributed by atoms with Crippen LogP contribution in [-0.2, 0) is 0 Å². The fourth-order valence-corrected chi connectivity index (χ4v) is 2.27. The summed E-state index contributed by atoms with van der Waals surface area (Å²) in [6.45, 7) is 3.64. The number of carbonyl (C=O) groups excluding carboxylic acids is 1. The summed E-state index contributed by atoms with van der Waals surface area (Å²) < 4.78 is 0. The van der Waals surface area contributed by atoms with Gasteiger partial charge in [0, 0.05) is 11.1 Å². The zero-order chi connectivity index (χ0) is 14.1. The molecule has 2 aromatic carbocycles. The summed E-state index contributed by atoms with van der Waals surface area (Å²) in [5.41, 5.74) is 2.71. The smallest absolute Gasteiger partial charge is 0.195 e. The van der Waals surface area contributed by atoms with Crippen molar-refractivity contribution in [2.75, 3.05) is 0 Å². The fraction of sp³-hybridized carbons (Fsp3) is 0.118. The van der Waals surface area contributed by atoms with Gasteiger partial charge < -0.3 is 0 Å². The van der Waals surface area contributed by atoms with E-state index in [1.807, 2.05) is 49.4 Å². The largest absolute Gasteiger partial charge is 0.289 e. The van der Waals surface area contributed by atoms with Crippen molar-refractivity contribution in [3.63, 3.8) is 0 Å². The minimum atomic E-state index is -0.00810. The van der Waals surface area contributed by atoms with Crippen molar-refractivity contribution in [2.24, 2.45) is 0 Å². The van der Waals surface area contributed by atoms with Crippen molar-refractivity contribution >= 4 is 16.6 Å². The maximum atomic E-state index is 12.6. The van der Waals surface area contributed by atoms with Crippen LogP contribution in [0.1, 0.15) is 27.3 Å². The molecule has 1 aromatic heterocycles. The first kappa shape index (κ1) is 12.5. The van der Waals surface area contributed by atoms with Crippen LogP contribution in [0.5, 0.6) is 0 Å². The van der Waals surface area contributed by atoms with Crippen LogP contribution in [0.3, 0.4) is 0 Å². The van der Waals surface area contributed by atoms with Crippen molar-refractivity contribution < 1.29 is 4.79 Å². The van der Waals surface area contributed by atoms with Crippen molar-refractivity contribution in [1.82, 2.24) is 10.2 Å². The highest BCUT2D eigenvalue weighted by atomic mass is 16.1. The number of hydrogen-bond donors (Lipinski definition) is 0. The molecule has 0 aliphatic heterocycles. The molecule has 0 bridgehead atoms. The number of aryl methyl sites for hydroxylation is 2. The molecule has 0 saturated heterocycles. The monoisotopic (exact) mass is 262 g/mol. The van der Waals surface area contributed by atoms with E-state index < -0.39 is 0 Å². The summed E-state index contributed by atoms with van der Waals surface area (Å²) in [7, 11) is 0. The third-order valence-electron chi connectivity index (χ3n) is 3.36. The highest BCUT2D eigenvalue weighted by molar-refractivity contribution is 6.11. The van der Waals surface area contributed by atoms with E-state index in [0.29, 0.717) is 16.8 Å². The zero-order valence-corrected chi connectivity index (χ0v) is 11.4. The van der Waals surface area contributed by atoms with Crippen LogP contribution in [0.4, 0.5) is 0 Å². The molecule has 0 N–H and O–H groups in total. The van der Waals surface area contributed by atoms with Crippen LogP contribution in [0.25, 0.3) is 10.8 Å². The third kappa shape index (κ3) is 2.18. The minimum absolute atomic E-state index is 0.00810. The van der Waals surface area contributed by atoms with Gasteiger partial charge in [0.25, 0.3) is 0 Å². The van der Waals surface area contributed by atoms with E-state index in [2.05, 4.69) is 10.2 Å². The summed E-state index contributed by atoms with van der Waals surface area (Å²) in [5.74, 6) is -0.00810. The quantitative estimate of drug-likeness (QED) is 0.664. The Morgan fingerprint density at radius 1 is 0.900 bits per heavy atom. The maximum Gasteiger partial charge on any atom is 0.195 e. The van der Waals surface area contributed by atoms with E-state index in [9.17, 15) is 4.79 Å². The molecule has 0 fully saturated rings. The van der Waals surface area contributed by atoms with Gasteiger partial charge in [-0.1, -0.05) is 36.4 Å². The molecule has 0 atom stereocenters. The Kier molecular flexibility index (Phi) is 3.03. The number of ketones is 1. The van der Waals surface area contributed by atoms with Crippen LogP contribution in [0.15, 0.2) is 48.5 Å². The third-order valence-corrected chi connectivity index (χ3v) is 3.36. The SMILES string of the molecule is Cc1cc(C(=O)c2ccc3ccccc3c2)c(C)nn1. The predicted molar refractivity (Wildman–Crippen MR) is 78.9 cm³/mol. The topological polar surface area (TPSA) is 42.9 Å². The average molecular weight is 262 g/mol. The summed E-state index contributed by atoms with van der Waals surface area (Å²) in [6, 6.07) is 15.6. The first-order valence-electron chi connectivity index (χ1n) is 6.49. The lowest BCUT2D eigenvalue weighted by Gasteiger charge is -2.06. The Morgan fingerprint density at radius 3 is 2.45 bits per heavy atom. The van der Waals surface area contributed by atoms with Gasteiger partial charge in [-0.2, -0.15) is 10.2 Å². The molecule has 0 aliphatic rings. The molecule has 0 aliphatic carbocycles. The van der Waals surface area contributed by atoms with E-state index in [4.69, 9.17) is 0 Å². The molecule has 3 nitrogen and oxygen atoms in total. The maximum absolute atomic E-state index is 12.6. The van der Waals surface area contributed by atoms with Gasteiger partial charge in [0.2, 0.25) is 0 Å². The van der Waals surface area contributed by atoms with Crippen LogP contribution >= 0.6 is 0 Å². The van der Waals surface area contributed by atoms with Gasteiger partial charge in [-0.05, 0) is 36.8 Å². The number of benzene rings is 2. The Hall–Kier alpha value is -2.55. The van der Waals surface area contributed by atoms with Gasteiger partial charge in [0.15, 0.2) is 5.78 Å². The van der Waals surface area contributed by atoms with Gasteiger partial charge in [0.05, 0.1) is 11.4 Å². The Morgan fingerprint density at radius 2 is 1.65 bits per heavy atom. The average Bonchev–Trinajstić information content (AvgIpc) is 2.48. The second-order valence-corrected chi connectivity index (χ2v) is 4.88. The lowest BCUT2D eigenvalue weighted by molar-refractivity contribution is 0.103. The normalized spacial score (nSPS) is 10.7. The summed E-state index contributed by atoms with van der Waals surface area (Å²) in [4.78, 5) is 12.6. The predicted octanol–water partition coefficient (Wildman–Crippen LogP) is 3.48. The van der Waals surface area contributed by atoms with Crippen LogP contribution < -0.4 is 0 Å². The first-order valence-corrected chi connectivity index (χ1v) is 6.49. The van der Waals surface area contributed by atoms with Crippen molar-refractivity contribution in [2.45, 2.75) is 13.8 Å². The highest BCUT2D eigenvalue weighted by Gasteiger charge is 2.13. The summed E-state index contributed by atoms with van der Waals surface area (Å²) in [6.07, 6.45) is 0. The van der Waals surface area contributed by atoms with E-state index in [1.54, 1.807) is 13.0 Å². The Labute approximate surface area is 117 Å². The number of nitrogens with zero attached hydrogens (tertiary/aromatic N) is 2. The number of rotatable bonds is 2. The van der Waals surface area contributed by atoms with E-state index in [1.165, 1.54) is 0 Å².